The molecule has 24 heavy (non-hydrogen) atoms. The summed E-state index contributed by atoms with van der Waals surface area (Å²) in [6, 6.07) is 9.09. The molecule has 3 heterocycles. The second-order valence-corrected chi connectivity index (χ2v) is 5.72. The molecule has 122 valence electrons. The highest BCUT2D eigenvalue weighted by atomic mass is 35.5. The molecule has 0 unspecified atom stereocenters. The van der Waals surface area contributed by atoms with Crippen LogP contribution in [0.25, 0.3) is 11.4 Å². The van der Waals surface area contributed by atoms with Crippen molar-refractivity contribution in [1.29, 1.82) is 0 Å². The summed E-state index contributed by atoms with van der Waals surface area (Å²) < 4.78 is 0.801. The van der Waals surface area contributed by atoms with Crippen LogP contribution < -0.4 is 10.0 Å². The number of hydrogen-bond acceptors (Lipinski definition) is 5. The Bertz CT molecular complexity index is 839. The minimum atomic E-state index is 0.434. The fourth-order valence-electron chi connectivity index (χ4n) is 2.28. The van der Waals surface area contributed by atoms with E-state index in [0.29, 0.717) is 17.5 Å². The number of hydrogen-bond donors (Lipinski definition) is 1. The number of aryl methyl sites for hydroxylation is 1. The normalized spacial score (nSPS) is 10.6. The summed E-state index contributed by atoms with van der Waals surface area (Å²) in [6.45, 7) is 2.58. The first-order chi connectivity index (χ1) is 11.6. The molecule has 3 aromatic heterocycles. The molecular weight excluding hydrogens is 326 g/mol. The molecule has 0 fully saturated rings. The molecule has 0 aliphatic rings. The lowest BCUT2D eigenvalue weighted by atomic mass is 10.2. The van der Waals surface area contributed by atoms with Crippen molar-refractivity contribution in [3.63, 3.8) is 0 Å². The minimum Gasteiger partial charge on any atom is -0.619 e. The monoisotopic (exact) mass is 341 g/mol. The van der Waals surface area contributed by atoms with Gasteiger partial charge < -0.3 is 10.5 Å². The SMILES string of the molecule is Cc1cc(NCCc2ccc[n+]([O-])c2)nc(-c2ccc(Cl)nc2)n1. The maximum Gasteiger partial charge on any atom is 0.183 e. The van der Waals surface area contributed by atoms with Crippen molar-refractivity contribution < 1.29 is 4.73 Å². The van der Waals surface area contributed by atoms with Gasteiger partial charge in [0, 0.05) is 41.7 Å². The molecule has 0 bridgehead atoms. The third-order valence-electron chi connectivity index (χ3n) is 3.40. The number of aromatic nitrogens is 4. The van der Waals surface area contributed by atoms with Gasteiger partial charge in [0.15, 0.2) is 18.2 Å². The summed E-state index contributed by atoms with van der Waals surface area (Å²) in [7, 11) is 0. The van der Waals surface area contributed by atoms with Gasteiger partial charge in [0.25, 0.3) is 0 Å². The van der Waals surface area contributed by atoms with E-state index in [9.17, 15) is 5.21 Å². The van der Waals surface area contributed by atoms with Crippen molar-refractivity contribution in [2.45, 2.75) is 13.3 Å². The Hall–Kier alpha value is -2.73. The molecule has 3 rings (SSSR count). The molecule has 0 saturated carbocycles. The Morgan fingerprint density at radius 2 is 2.12 bits per heavy atom. The topological polar surface area (TPSA) is 77.6 Å². The number of anilines is 1. The van der Waals surface area contributed by atoms with Crippen LogP contribution in [-0.2, 0) is 6.42 Å². The zero-order valence-electron chi connectivity index (χ0n) is 13.1. The van der Waals surface area contributed by atoms with E-state index in [1.807, 2.05) is 25.1 Å². The van der Waals surface area contributed by atoms with Gasteiger partial charge in [-0.25, -0.2) is 15.0 Å². The van der Waals surface area contributed by atoms with Crippen LogP contribution in [0.3, 0.4) is 0 Å². The smallest absolute Gasteiger partial charge is 0.183 e. The predicted molar refractivity (Wildman–Crippen MR) is 92.6 cm³/mol. The maximum absolute atomic E-state index is 11.3. The molecule has 0 atom stereocenters. The Labute approximate surface area is 144 Å². The van der Waals surface area contributed by atoms with Crippen LogP contribution in [0.4, 0.5) is 5.82 Å². The van der Waals surface area contributed by atoms with Gasteiger partial charge in [-0.3, -0.25) is 0 Å². The molecule has 1 N–H and O–H groups in total. The fraction of sp³-hybridized carbons (Fsp3) is 0.176. The van der Waals surface area contributed by atoms with Crippen molar-refractivity contribution in [3.05, 3.63) is 70.5 Å². The van der Waals surface area contributed by atoms with Crippen LogP contribution in [0, 0.1) is 12.1 Å². The first-order valence-electron chi connectivity index (χ1n) is 7.49. The molecule has 0 spiro atoms. The van der Waals surface area contributed by atoms with Gasteiger partial charge in [0.1, 0.15) is 11.0 Å². The number of rotatable bonds is 5. The molecular formula is C17H16ClN5O. The summed E-state index contributed by atoms with van der Waals surface area (Å²) in [4.78, 5) is 13.0. The third-order valence-corrected chi connectivity index (χ3v) is 3.62. The number of nitrogens with one attached hydrogen (secondary N) is 1. The van der Waals surface area contributed by atoms with E-state index in [1.54, 1.807) is 24.5 Å². The Morgan fingerprint density at radius 1 is 1.25 bits per heavy atom. The predicted octanol–water partition coefficient (Wildman–Crippen LogP) is 2.79. The largest absolute Gasteiger partial charge is 0.619 e. The molecule has 0 saturated heterocycles. The van der Waals surface area contributed by atoms with Crippen LogP contribution in [0.15, 0.2) is 48.9 Å². The molecule has 3 aromatic rings. The summed E-state index contributed by atoms with van der Waals surface area (Å²) in [5.74, 6) is 1.33. The molecule has 0 aromatic carbocycles. The number of halogens is 1. The van der Waals surface area contributed by atoms with Gasteiger partial charge in [-0.05, 0) is 31.5 Å². The van der Waals surface area contributed by atoms with E-state index in [-0.39, 0.29) is 0 Å². The van der Waals surface area contributed by atoms with Crippen molar-refractivity contribution in [2.24, 2.45) is 0 Å². The van der Waals surface area contributed by atoms with E-state index in [4.69, 9.17) is 11.6 Å². The first kappa shape index (κ1) is 16.1. The number of nitrogens with zero attached hydrogens (tertiary/aromatic N) is 4. The first-order valence-corrected chi connectivity index (χ1v) is 7.87. The molecule has 0 radical (unpaired) electrons. The van der Waals surface area contributed by atoms with Crippen LogP contribution in [0.1, 0.15) is 11.3 Å². The average Bonchev–Trinajstić information content (AvgIpc) is 2.55. The highest BCUT2D eigenvalue weighted by molar-refractivity contribution is 6.29. The Morgan fingerprint density at radius 3 is 2.88 bits per heavy atom. The van der Waals surface area contributed by atoms with E-state index in [1.165, 1.54) is 6.20 Å². The van der Waals surface area contributed by atoms with E-state index in [0.717, 1.165) is 33.8 Å². The van der Waals surface area contributed by atoms with E-state index >= 15 is 0 Å². The molecule has 0 aliphatic heterocycles. The Kier molecular flexibility index (Phi) is 4.86. The average molecular weight is 342 g/mol. The Balaban J connectivity index is 1.71. The number of pyridine rings is 2. The molecule has 7 heteroatoms. The highest BCUT2D eigenvalue weighted by Crippen LogP contribution is 2.18. The van der Waals surface area contributed by atoms with Gasteiger partial charge in [0.05, 0.1) is 0 Å². The molecule has 6 nitrogen and oxygen atoms in total. The lowest BCUT2D eigenvalue weighted by molar-refractivity contribution is -0.605. The van der Waals surface area contributed by atoms with Crippen LogP contribution in [0.5, 0.6) is 0 Å². The van der Waals surface area contributed by atoms with Crippen molar-refractivity contribution >= 4 is 17.4 Å². The lowest BCUT2D eigenvalue weighted by Gasteiger charge is -2.08. The van der Waals surface area contributed by atoms with Crippen molar-refractivity contribution in [1.82, 2.24) is 15.0 Å². The maximum atomic E-state index is 11.3. The summed E-state index contributed by atoms with van der Waals surface area (Å²) in [5, 5.41) is 15.0. The summed E-state index contributed by atoms with van der Waals surface area (Å²) in [5.41, 5.74) is 2.63. The van der Waals surface area contributed by atoms with Gasteiger partial charge in [-0.1, -0.05) is 11.6 Å². The van der Waals surface area contributed by atoms with E-state index < -0.39 is 0 Å². The van der Waals surface area contributed by atoms with Gasteiger partial charge >= 0.3 is 0 Å². The fourth-order valence-corrected chi connectivity index (χ4v) is 2.39. The molecule has 0 amide bonds. The van der Waals surface area contributed by atoms with Crippen LogP contribution in [0.2, 0.25) is 5.15 Å². The van der Waals surface area contributed by atoms with E-state index in [2.05, 4.69) is 20.3 Å². The van der Waals surface area contributed by atoms with Gasteiger partial charge in [0.2, 0.25) is 0 Å². The standard InChI is InChI=1S/C17H16ClN5O/c1-12-9-16(19-7-6-13-3-2-8-23(24)11-13)22-17(21-12)14-4-5-15(18)20-10-14/h2-5,8-11H,6-7H2,1H3,(H,19,21,22). The summed E-state index contributed by atoms with van der Waals surface area (Å²) >= 11 is 5.81. The zero-order valence-corrected chi connectivity index (χ0v) is 13.9. The second-order valence-electron chi connectivity index (χ2n) is 5.34. The summed E-state index contributed by atoms with van der Waals surface area (Å²) in [6.07, 6.45) is 5.41. The third kappa shape index (κ3) is 4.17. The van der Waals surface area contributed by atoms with Gasteiger partial charge in [-0.2, -0.15) is 4.73 Å². The lowest BCUT2D eigenvalue weighted by Crippen LogP contribution is -2.25. The van der Waals surface area contributed by atoms with Crippen LogP contribution in [-0.4, -0.2) is 21.5 Å². The van der Waals surface area contributed by atoms with Crippen molar-refractivity contribution in [2.75, 3.05) is 11.9 Å². The second kappa shape index (κ2) is 7.23. The zero-order chi connectivity index (χ0) is 16.9. The highest BCUT2D eigenvalue weighted by Gasteiger charge is 2.06. The minimum absolute atomic E-state index is 0.434. The van der Waals surface area contributed by atoms with Crippen molar-refractivity contribution in [3.8, 4) is 11.4 Å². The molecule has 0 aliphatic carbocycles. The van der Waals surface area contributed by atoms with Gasteiger partial charge in [-0.15, -0.1) is 0 Å². The quantitative estimate of drug-likeness (QED) is 0.438. The van der Waals surface area contributed by atoms with Crippen LogP contribution >= 0.6 is 11.6 Å².